The van der Waals surface area contributed by atoms with E-state index >= 15 is 0 Å². The van der Waals surface area contributed by atoms with E-state index in [0.717, 1.165) is 24.0 Å². The molecule has 0 radical (unpaired) electrons. The number of hydrogen-bond donors (Lipinski definition) is 3. The Morgan fingerprint density at radius 1 is 1.38 bits per heavy atom. The second-order valence-electron chi connectivity index (χ2n) is 5.66. The Morgan fingerprint density at radius 3 is 3.05 bits per heavy atom. The maximum atomic E-state index is 12.5. The first-order valence-electron chi connectivity index (χ1n) is 7.36. The molecule has 0 aromatic carbocycles. The van der Waals surface area contributed by atoms with Crippen LogP contribution in [0.3, 0.4) is 0 Å². The number of pyridine rings is 1. The number of hydrogen-bond acceptors (Lipinski definition) is 5. The predicted octanol–water partition coefficient (Wildman–Crippen LogP) is 1.49. The van der Waals surface area contributed by atoms with Crippen molar-refractivity contribution in [2.24, 2.45) is 5.84 Å². The molecule has 114 valence electrons. The molecule has 1 aromatic heterocycles. The van der Waals surface area contributed by atoms with Gasteiger partial charge in [0.2, 0.25) is 0 Å². The molecule has 1 amide bonds. The van der Waals surface area contributed by atoms with Gasteiger partial charge in [-0.1, -0.05) is 6.42 Å². The third-order valence-corrected chi connectivity index (χ3v) is 4.84. The van der Waals surface area contributed by atoms with Crippen molar-refractivity contribution in [3.8, 4) is 0 Å². The smallest absolute Gasteiger partial charge is 0.255 e. The summed E-state index contributed by atoms with van der Waals surface area (Å²) >= 11 is 3.34. The number of halogens is 1. The largest absolute Gasteiger partial charge is 0.348 e. The number of nitrogens with zero attached hydrogens (tertiary/aromatic N) is 2. The number of nitrogens with one attached hydrogen (secondary N) is 2. The Bertz CT molecular complexity index is 538. The molecule has 0 aliphatic carbocycles. The molecule has 0 saturated carbocycles. The van der Waals surface area contributed by atoms with Gasteiger partial charge in [-0.2, -0.15) is 0 Å². The number of amides is 1. The minimum absolute atomic E-state index is 0.117. The highest BCUT2D eigenvalue weighted by molar-refractivity contribution is 9.10. The summed E-state index contributed by atoms with van der Waals surface area (Å²) < 4.78 is 0.761. The van der Waals surface area contributed by atoms with Gasteiger partial charge in [0.15, 0.2) is 5.82 Å². The quantitative estimate of drug-likeness (QED) is 0.566. The minimum Gasteiger partial charge on any atom is -0.348 e. The number of carbonyl (C=O) groups is 1. The number of hydrazine groups is 1. The molecule has 0 bridgehead atoms. The standard InChI is InChI=1S/C14H20BrN5O/c15-9-7-10(13(19-16)17-8-9)14(21)18-11-4-6-20-5-2-1-3-12(11)20/h7-8,11-12H,1-6,16H2,(H,17,19)(H,18,21). The fourth-order valence-corrected chi connectivity index (χ4v) is 3.72. The van der Waals surface area contributed by atoms with Gasteiger partial charge in [0.1, 0.15) is 0 Å². The van der Waals surface area contributed by atoms with Gasteiger partial charge in [0.25, 0.3) is 5.91 Å². The average molecular weight is 354 g/mol. The van der Waals surface area contributed by atoms with Gasteiger partial charge in [-0.25, -0.2) is 10.8 Å². The highest BCUT2D eigenvalue weighted by Crippen LogP contribution is 2.27. The van der Waals surface area contributed by atoms with Crippen LogP contribution in [0, 0.1) is 0 Å². The Morgan fingerprint density at radius 2 is 2.24 bits per heavy atom. The summed E-state index contributed by atoms with van der Waals surface area (Å²) in [5, 5.41) is 3.16. The van der Waals surface area contributed by atoms with E-state index in [1.807, 2.05) is 0 Å². The molecule has 4 N–H and O–H groups in total. The zero-order valence-electron chi connectivity index (χ0n) is 11.8. The number of carbonyl (C=O) groups excluding carboxylic acids is 1. The van der Waals surface area contributed by atoms with E-state index in [-0.39, 0.29) is 11.9 Å². The van der Waals surface area contributed by atoms with Gasteiger partial charge in [-0.15, -0.1) is 0 Å². The SMILES string of the molecule is NNc1ncc(Br)cc1C(=O)NC1CCN2CCCCC12. The molecule has 3 heterocycles. The zero-order chi connectivity index (χ0) is 14.8. The first-order chi connectivity index (χ1) is 10.2. The van der Waals surface area contributed by atoms with E-state index in [9.17, 15) is 4.79 Å². The first kappa shape index (κ1) is 14.7. The average Bonchev–Trinajstić information content (AvgIpc) is 2.90. The topological polar surface area (TPSA) is 83.3 Å². The number of aromatic nitrogens is 1. The van der Waals surface area contributed by atoms with Crippen molar-refractivity contribution < 1.29 is 4.79 Å². The summed E-state index contributed by atoms with van der Waals surface area (Å²) in [6.45, 7) is 2.24. The van der Waals surface area contributed by atoms with Crippen molar-refractivity contribution >= 4 is 27.7 Å². The highest BCUT2D eigenvalue weighted by Gasteiger charge is 2.36. The van der Waals surface area contributed by atoms with E-state index in [1.54, 1.807) is 12.3 Å². The molecule has 2 aliphatic heterocycles. The van der Waals surface area contributed by atoms with Crippen LogP contribution in [-0.4, -0.2) is 41.0 Å². The molecule has 3 rings (SSSR count). The van der Waals surface area contributed by atoms with Gasteiger partial charge in [0.05, 0.1) is 5.56 Å². The lowest BCUT2D eigenvalue weighted by molar-refractivity contribution is 0.0915. The fraction of sp³-hybridized carbons (Fsp3) is 0.571. The molecule has 0 spiro atoms. The molecule has 1 aromatic rings. The highest BCUT2D eigenvalue weighted by atomic mass is 79.9. The van der Waals surface area contributed by atoms with Crippen LogP contribution >= 0.6 is 15.9 Å². The van der Waals surface area contributed by atoms with Crippen LogP contribution in [0.15, 0.2) is 16.7 Å². The van der Waals surface area contributed by atoms with Crippen LogP contribution in [0.2, 0.25) is 0 Å². The lowest BCUT2D eigenvalue weighted by atomic mass is 9.99. The Labute approximate surface area is 132 Å². The van der Waals surface area contributed by atoms with E-state index in [2.05, 4.69) is 36.6 Å². The second-order valence-corrected chi connectivity index (χ2v) is 6.58. The van der Waals surface area contributed by atoms with Gasteiger partial charge in [-0.05, 0) is 47.8 Å². The van der Waals surface area contributed by atoms with Gasteiger partial charge < -0.3 is 10.7 Å². The molecule has 2 aliphatic rings. The number of nitrogens with two attached hydrogens (primary N) is 1. The normalized spacial score (nSPS) is 25.4. The van der Waals surface area contributed by atoms with Crippen LogP contribution in [0.25, 0.3) is 0 Å². The number of fused-ring (bicyclic) bond motifs is 1. The summed E-state index contributed by atoms with van der Waals surface area (Å²) in [7, 11) is 0. The lowest BCUT2D eigenvalue weighted by Crippen LogP contribution is -2.47. The summed E-state index contributed by atoms with van der Waals surface area (Å²) in [5.74, 6) is 5.72. The Kier molecular flexibility index (Phi) is 4.42. The molecular formula is C14H20BrN5O. The van der Waals surface area contributed by atoms with E-state index in [4.69, 9.17) is 5.84 Å². The molecule has 2 atom stereocenters. The number of nitrogen functional groups attached to an aromatic ring is 1. The van der Waals surface area contributed by atoms with E-state index in [1.165, 1.54) is 19.3 Å². The third kappa shape index (κ3) is 3.04. The lowest BCUT2D eigenvalue weighted by Gasteiger charge is -2.32. The maximum Gasteiger partial charge on any atom is 0.255 e. The number of anilines is 1. The number of piperidine rings is 1. The summed E-state index contributed by atoms with van der Waals surface area (Å²) in [4.78, 5) is 19.1. The van der Waals surface area contributed by atoms with Crippen molar-refractivity contribution in [3.05, 3.63) is 22.3 Å². The summed E-state index contributed by atoms with van der Waals surface area (Å²) in [6.07, 6.45) is 6.33. The molecule has 7 heteroatoms. The summed E-state index contributed by atoms with van der Waals surface area (Å²) in [6, 6.07) is 2.45. The Balaban J connectivity index is 1.73. The zero-order valence-corrected chi connectivity index (χ0v) is 13.4. The van der Waals surface area contributed by atoms with Crippen LogP contribution in [0.1, 0.15) is 36.0 Å². The maximum absolute atomic E-state index is 12.5. The van der Waals surface area contributed by atoms with Crippen LogP contribution in [0.5, 0.6) is 0 Å². The monoisotopic (exact) mass is 353 g/mol. The molecule has 2 saturated heterocycles. The van der Waals surface area contributed by atoms with Crippen molar-refractivity contribution in [1.29, 1.82) is 0 Å². The second kappa shape index (κ2) is 6.29. The van der Waals surface area contributed by atoms with Crippen molar-refractivity contribution in [2.45, 2.75) is 37.8 Å². The minimum atomic E-state index is -0.117. The fourth-order valence-electron chi connectivity index (χ4n) is 3.39. The molecule has 2 fully saturated rings. The third-order valence-electron chi connectivity index (χ3n) is 4.41. The molecular weight excluding hydrogens is 334 g/mol. The van der Waals surface area contributed by atoms with Crippen molar-refractivity contribution in [1.82, 2.24) is 15.2 Å². The van der Waals surface area contributed by atoms with E-state index < -0.39 is 0 Å². The first-order valence-corrected chi connectivity index (χ1v) is 8.15. The molecule has 6 nitrogen and oxygen atoms in total. The van der Waals surface area contributed by atoms with Crippen LogP contribution < -0.4 is 16.6 Å². The van der Waals surface area contributed by atoms with E-state index in [0.29, 0.717) is 17.4 Å². The van der Waals surface area contributed by atoms with Gasteiger partial charge in [0, 0.05) is 29.3 Å². The van der Waals surface area contributed by atoms with Gasteiger partial charge in [-0.3, -0.25) is 9.69 Å². The van der Waals surface area contributed by atoms with Crippen molar-refractivity contribution in [3.63, 3.8) is 0 Å². The Hall–Kier alpha value is -1.18. The molecule has 2 unspecified atom stereocenters. The van der Waals surface area contributed by atoms with Crippen LogP contribution in [-0.2, 0) is 0 Å². The van der Waals surface area contributed by atoms with Crippen LogP contribution in [0.4, 0.5) is 5.82 Å². The van der Waals surface area contributed by atoms with Gasteiger partial charge >= 0.3 is 0 Å². The number of rotatable bonds is 3. The van der Waals surface area contributed by atoms with Crippen molar-refractivity contribution in [2.75, 3.05) is 18.5 Å². The predicted molar refractivity (Wildman–Crippen MR) is 84.8 cm³/mol. The summed E-state index contributed by atoms with van der Waals surface area (Å²) in [5.41, 5.74) is 2.95. The molecule has 21 heavy (non-hydrogen) atoms.